The predicted molar refractivity (Wildman–Crippen MR) is 37.1 cm³/mol. The van der Waals surface area contributed by atoms with Crippen LogP contribution in [0.4, 0.5) is 0 Å². The van der Waals surface area contributed by atoms with Crippen molar-refractivity contribution in [2.75, 3.05) is 0 Å². The number of pyridine rings is 1. The number of nitrogens with zero attached hydrogens (tertiary/aromatic N) is 3. The molecule has 2 aromatic heterocycles. The quantitative estimate of drug-likeness (QED) is 0.585. The number of aromatic nitrogens is 4. The van der Waals surface area contributed by atoms with E-state index in [9.17, 15) is 4.79 Å². The van der Waals surface area contributed by atoms with Crippen molar-refractivity contribution in [3.63, 3.8) is 0 Å². The van der Waals surface area contributed by atoms with E-state index in [1.54, 1.807) is 6.07 Å². The molecule has 54 valence electrons. The van der Waals surface area contributed by atoms with Crippen molar-refractivity contribution in [3.8, 4) is 0 Å². The highest BCUT2D eigenvalue weighted by Crippen LogP contribution is 2.04. The number of hydrogen-bond acceptors (Lipinski definition) is 4. The van der Waals surface area contributed by atoms with Gasteiger partial charge in [0.05, 0.1) is 6.20 Å². The summed E-state index contributed by atoms with van der Waals surface area (Å²) in [5.74, 6) is 0. The average Bonchev–Trinajstić information content (AvgIpc) is 2.50. The molecule has 2 aromatic rings. The molecular weight excluding hydrogens is 144 g/mol. The maximum absolute atomic E-state index is 10.3. The van der Waals surface area contributed by atoms with E-state index in [-0.39, 0.29) is 0 Å². The topological polar surface area (TPSA) is 71.5 Å². The molecule has 5 nitrogen and oxygen atoms in total. The van der Waals surface area contributed by atoms with Crippen LogP contribution >= 0.6 is 0 Å². The first-order valence-electron chi connectivity index (χ1n) is 3.02. The maximum Gasteiger partial charge on any atom is 0.168 e. The zero-order chi connectivity index (χ0) is 7.68. The van der Waals surface area contributed by atoms with Crippen LogP contribution in [0.5, 0.6) is 0 Å². The Labute approximate surface area is 61.4 Å². The summed E-state index contributed by atoms with van der Waals surface area (Å²) in [5.41, 5.74) is 1.68. The van der Waals surface area contributed by atoms with Gasteiger partial charge in [0.15, 0.2) is 6.29 Å². The molecule has 0 saturated carbocycles. The Kier molecular flexibility index (Phi) is 1.15. The number of aromatic amines is 1. The molecule has 0 aliphatic carbocycles. The third-order valence-electron chi connectivity index (χ3n) is 1.34. The third-order valence-corrected chi connectivity index (χ3v) is 1.34. The minimum absolute atomic E-state index is 0.367. The Bertz CT molecular complexity index is 394. The fraction of sp³-hybridized carbons (Fsp3) is 0. The van der Waals surface area contributed by atoms with E-state index in [1.807, 2.05) is 0 Å². The molecule has 2 heterocycles. The Morgan fingerprint density at radius 1 is 1.36 bits per heavy atom. The van der Waals surface area contributed by atoms with E-state index < -0.39 is 0 Å². The monoisotopic (exact) mass is 148 g/mol. The lowest BCUT2D eigenvalue weighted by molar-refractivity contribution is 0.111. The van der Waals surface area contributed by atoms with Crippen molar-refractivity contribution < 1.29 is 4.79 Å². The SMILES string of the molecule is O=Cc1cc2n[nH]nc2cn1. The van der Waals surface area contributed by atoms with Gasteiger partial charge >= 0.3 is 0 Å². The van der Waals surface area contributed by atoms with Gasteiger partial charge in [-0.1, -0.05) is 0 Å². The van der Waals surface area contributed by atoms with Gasteiger partial charge in [-0.25, -0.2) is 0 Å². The number of H-pyrrole nitrogens is 1. The lowest BCUT2D eigenvalue weighted by Crippen LogP contribution is -1.84. The summed E-state index contributed by atoms with van der Waals surface area (Å²) < 4.78 is 0. The van der Waals surface area contributed by atoms with Gasteiger partial charge in [0.1, 0.15) is 16.7 Å². The summed E-state index contributed by atoms with van der Waals surface area (Å²) in [6.07, 6.45) is 2.18. The number of nitrogens with one attached hydrogen (secondary N) is 1. The first-order valence-corrected chi connectivity index (χ1v) is 3.02. The summed E-state index contributed by atoms with van der Waals surface area (Å²) in [6.45, 7) is 0. The molecule has 0 aliphatic heterocycles. The second-order valence-electron chi connectivity index (χ2n) is 2.04. The van der Waals surface area contributed by atoms with Crippen molar-refractivity contribution >= 4 is 17.3 Å². The molecule has 2 rings (SSSR count). The van der Waals surface area contributed by atoms with Gasteiger partial charge in [0.2, 0.25) is 0 Å². The molecule has 0 fully saturated rings. The van der Waals surface area contributed by atoms with Crippen molar-refractivity contribution in [2.45, 2.75) is 0 Å². The standard InChI is InChI=1S/C6H4N4O/c11-3-4-1-5-6(2-7-4)9-10-8-5/h1-3H,(H,8,9,10). The molecule has 0 radical (unpaired) electrons. The molecule has 11 heavy (non-hydrogen) atoms. The number of carbonyl (C=O) groups excluding carboxylic acids is 1. The number of aldehydes is 1. The minimum Gasteiger partial charge on any atom is -0.296 e. The van der Waals surface area contributed by atoms with Crippen LogP contribution in [0.15, 0.2) is 12.3 Å². The van der Waals surface area contributed by atoms with Gasteiger partial charge in [-0.05, 0) is 6.07 Å². The molecule has 0 spiro atoms. The molecule has 0 aliphatic rings. The van der Waals surface area contributed by atoms with E-state index in [2.05, 4.69) is 20.4 Å². The number of rotatable bonds is 1. The molecule has 0 unspecified atom stereocenters. The van der Waals surface area contributed by atoms with Crippen molar-refractivity contribution in [2.24, 2.45) is 0 Å². The Balaban J connectivity index is 2.76. The van der Waals surface area contributed by atoms with Crippen LogP contribution < -0.4 is 0 Å². The van der Waals surface area contributed by atoms with E-state index in [0.29, 0.717) is 23.0 Å². The van der Waals surface area contributed by atoms with Crippen molar-refractivity contribution in [1.29, 1.82) is 0 Å². The maximum atomic E-state index is 10.3. The lowest BCUT2D eigenvalue weighted by Gasteiger charge is -1.85. The number of hydrogen-bond donors (Lipinski definition) is 1. The Hall–Kier alpha value is -1.78. The molecule has 0 bridgehead atoms. The van der Waals surface area contributed by atoms with Gasteiger partial charge < -0.3 is 0 Å². The summed E-state index contributed by atoms with van der Waals surface area (Å²) in [4.78, 5) is 14.1. The van der Waals surface area contributed by atoms with Crippen LogP contribution in [-0.4, -0.2) is 26.7 Å². The van der Waals surface area contributed by atoms with Crippen LogP contribution in [0.2, 0.25) is 0 Å². The van der Waals surface area contributed by atoms with Crippen LogP contribution in [0.3, 0.4) is 0 Å². The second-order valence-corrected chi connectivity index (χ2v) is 2.04. The smallest absolute Gasteiger partial charge is 0.168 e. The van der Waals surface area contributed by atoms with E-state index in [1.165, 1.54) is 6.20 Å². The lowest BCUT2D eigenvalue weighted by atomic mass is 10.3. The minimum atomic E-state index is 0.367. The highest BCUT2D eigenvalue weighted by atomic mass is 16.1. The summed E-state index contributed by atoms with van der Waals surface area (Å²) in [5, 5.41) is 10.0. The zero-order valence-corrected chi connectivity index (χ0v) is 5.48. The highest BCUT2D eigenvalue weighted by Gasteiger charge is 1.98. The zero-order valence-electron chi connectivity index (χ0n) is 5.48. The summed E-state index contributed by atoms with van der Waals surface area (Å²) in [6, 6.07) is 1.58. The molecule has 5 heteroatoms. The largest absolute Gasteiger partial charge is 0.296 e. The average molecular weight is 148 g/mol. The third kappa shape index (κ3) is 0.861. The molecule has 0 atom stereocenters. The highest BCUT2D eigenvalue weighted by molar-refractivity contribution is 5.80. The van der Waals surface area contributed by atoms with Crippen LogP contribution in [0.25, 0.3) is 11.0 Å². The molecule has 1 N–H and O–H groups in total. The first-order chi connectivity index (χ1) is 5.40. The normalized spacial score (nSPS) is 10.2. The Morgan fingerprint density at radius 2 is 2.18 bits per heavy atom. The van der Waals surface area contributed by atoms with Crippen LogP contribution in [0, 0.1) is 0 Å². The van der Waals surface area contributed by atoms with Crippen molar-refractivity contribution in [3.05, 3.63) is 18.0 Å². The number of fused-ring (bicyclic) bond motifs is 1. The first kappa shape index (κ1) is 5.96. The van der Waals surface area contributed by atoms with Gasteiger partial charge in [0.25, 0.3) is 0 Å². The number of carbonyl (C=O) groups is 1. The van der Waals surface area contributed by atoms with Gasteiger partial charge in [-0.15, -0.1) is 0 Å². The van der Waals surface area contributed by atoms with Gasteiger partial charge in [0, 0.05) is 0 Å². The Morgan fingerprint density at radius 3 is 3.00 bits per heavy atom. The van der Waals surface area contributed by atoms with Crippen molar-refractivity contribution in [1.82, 2.24) is 20.4 Å². The van der Waals surface area contributed by atoms with Crippen LogP contribution in [0.1, 0.15) is 10.5 Å². The second kappa shape index (κ2) is 2.12. The molecule has 0 saturated heterocycles. The van der Waals surface area contributed by atoms with E-state index in [4.69, 9.17) is 0 Å². The van der Waals surface area contributed by atoms with Gasteiger partial charge in [-0.2, -0.15) is 15.4 Å². The molecular formula is C6H4N4O. The predicted octanol–water partition coefficient (Wildman–Crippen LogP) is 0.165. The summed E-state index contributed by atoms with van der Waals surface area (Å²) in [7, 11) is 0. The van der Waals surface area contributed by atoms with Crippen LogP contribution in [-0.2, 0) is 0 Å². The van der Waals surface area contributed by atoms with E-state index in [0.717, 1.165) is 0 Å². The fourth-order valence-electron chi connectivity index (χ4n) is 0.826. The van der Waals surface area contributed by atoms with E-state index >= 15 is 0 Å². The fourth-order valence-corrected chi connectivity index (χ4v) is 0.826. The molecule has 0 amide bonds. The summed E-state index contributed by atoms with van der Waals surface area (Å²) >= 11 is 0. The van der Waals surface area contributed by atoms with Gasteiger partial charge in [-0.3, -0.25) is 9.78 Å². The molecule has 0 aromatic carbocycles.